The molecule has 0 bridgehead atoms. The van der Waals surface area contributed by atoms with Crippen molar-refractivity contribution in [3.63, 3.8) is 0 Å². The Morgan fingerprint density at radius 2 is 1.58 bits per heavy atom. The summed E-state index contributed by atoms with van der Waals surface area (Å²) in [5.41, 5.74) is 0.137. The molecule has 7 nitrogen and oxygen atoms in total. The molecule has 1 aromatic carbocycles. The maximum atomic E-state index is 12.5. The first-order valence-electron chi connectivity index (χ1n) is 7.92. The molecule has 3 rings (SSSR count). The Balaban J connectivity index is 1.66. The summed E-state index contributed by atoms with van der Waals surface area (Å²) in [4.78, 5) is 14.1. The first kappa shape index (κ1) is 17.5. The van der Waals surface area contributed by atoms with Crippen LogP contribution in [-0.2, 0) is 10.2 Å². The lowest BCUT2D eigenvalue weighted by molar-refractivity contribution is 0.0691. The van der Waals surface area contributed by atoms with Crippen LogP contribution in [0.4, 0.5) is 0 Å². The van der Waals surface area contributed by atoms with Crippen molar-refractivity contribution in [2.45, 2.75) is 12.8 Å². The highest BCUT2D eigenvalue weighted by atomic mass is 35.5. The molecule has 2 aliphatic rings. The number of carbonyl (C=O) groups excluding carboxylic acids is 1. The molecule has 2 fully saturated rings. The van der Waals surface area contributed by atoms with Crippen LogP contribution in [0.15, 0.2) is 18.2 Å². The highest BCUT2D eigenvalue weighted by molar-refractivity contribution is 7.86. The van der Waals surface area contributed by atoms with Crippen LogP contribution in [0.5, 0.6) is 5.75 Å². The minimum atomic E-state index is -3.43. The van der Waals surface area contributed by atoms with Gasteiger partial charge in [-0.2, -0.15) is 17.0 Å². The fraction of sp³-hybridized carbons (Fsp3) is 0.533. The van der Waals surface area contributed by atoms with Crippen LogP contribution >= 0.6 is 11.6 Å². The smallest absolute Gasteiger partial charge is 0.282 e. The predicted molar refractivity (Wildman–Crippen MR) is 90.3 cm³/mol. The summed E-state index contributed by atoms with van der Waals surface area (Å²) in [7, 11) is -3.43. The van der Waals surface area contributed by atoms with E-state index in [1.54, 1.807) is 4.90 Å². The molecule has 1 aromatic rings. The molecule has 0 radical (unpaired) electrons. The van der Waals surface area contributed by atoms with Crippen LogP contribution in [-0.4, -0.2) is 72.2 Å². The second-order valence-electron chi connectivity index (χ2n) is 5.97. The molecule has 24 heavy (non-hydrogen) atoms. The number of hydrogen-bond donors (Lipinski definition) is 1. The van der Waals surface area contributed by atoms with Crippen LogP contribution in [0.2, 0.25) is 5.02 Å². The van der Waals surface area contributed by atoms with E-state index in [1.165, 1.54) is 26.8 Å². The number of carbonyl (C=O) groups is 1. The number of amides is 1. The topological polar surface area (TPSA) is 81.2 Å². The highest BCUT2D eigenvalue weighted by Crippen LogP contribution is 2.24. The van der Waals surface area contributed by atoms with Crippen LogP contribution in [0, 0.1) is 0 Å². The lowest BCUT2D eigenvalue weighted by Crippen LogP contribution is -2.53. The molecule has 2 heterocycles. The highest BCUT2D eigenvalue weighted by Gasteiger charge is 2.35. The van der Waals surface area contributed by atoms with Gasteiger partial charge in [0, 0.05) is 44.3 Å². The van der Waals surface area contributed by atoms with Gasteiger partial charge in [-0.3, -0.25) is 4.79 Å². The third-order valence-corrected chi connectivity index (χ3v) is 6.70. The van der Waals surface area contributed by atoms with Gasteiger partial charge in [0.15, 0.2) is 0 Å². The largest absolute Gasteiger partial charge is 0.507 e. The zero-order chi connectivity index (χ0) is 17.3. The molecule has 9 heteroatoms. The summed E-state index contributed by atoms with van der Waals surface area (Å²) in [6.07, 6.45) is 1.79. The fourth-order valence-electron chi connectivity index (χ4n) is 3.05. The Labute approximate surface area is 146 Å². The summed E-state index contributed by atoms with van der Waals surface area (Å²) in [6, 6.07) is 4.31. The van der Waals surface area contributed by atoms with Gasteiger partial charge >= 0.3 is 0 Å². The molecule has 0 unspecified atom stereocenters. The van der Waals surface area contributed by atoms with E-state index in [4.69, 9.17) is 11.6 Å². The Morgan fingerprint density at radius 1 is 1.00 bits per heavy atom. The third-order valence-electron chi connectivity index (χ3n) is 4.43. The standard InChI is InChI=1S/C15H20ClN3O4S/c16-12-3-4-14(20)13(11-12)15(21)17-7-9-19(10-8-17)24(22,23)18-5-1-2-6-18/h3-4,11,20H,1-2,5-10H2. The van der Waals surface area contributed by atoms with Crippen molar-refractivity contribution in [1.29, 1.82) is 0 Å². The monoisotopic (exact) mass is 373 g/mol. The zero-order valence-electron chi connectivity index (χ0n) is 13.2. The van der Waals surface area contributed by atoms with Crippen molar-refractivity contribution in [2.24, 2.45) is 0 Å². The maximum Gasteiger partial charge on any atom is 0.282 e. The van der Waals surface area contributed by atoms with Gasteiger partial charge in [-0.1, -0.05) is 11.6 Å². The number of phenols is 1. The summed E-state index contributed by atoms with van der Waals surface area (Å²) in [6.45, 7) is 2.23. The van der Waals surface area contributed by atoms with E-state index in [-0.39, 0.29) is 43.4 Å². The van der Waals surface area contributed by atoms with Gasteiger partial charge in [0.1, 0.15) is 5.75 Å². The van der Waals surface area contributed by atoms with Crippen molar-refractivity contribution in [3.05, 3.63) is 28.8 Å². The number of piperazine rings is 1. The minimum absolute atomic E-state index is 0.128. The van der Waals surface area contributed by atoms with E-state index < -0.39 is 10.2 Å². The Hall–Kier alpha value is -1.35. The predicted octanol–water partition coefficient (Wildman–Crippen LogP) is 1.14. The number of benzene rings is 1. The van der Waals surface area contributed by atoms with Crippen LogP contribution in [0.25, 0.3) is 0 Å². The molecule has 0 atom stereocenters. The van der Waals surface area contributed by atoms with Gasteiger partial charge in [-0.25, -0.2) is 0 Å². The van der Waals surface area contributed by atoms with E-state index in [0.29, 0.717) is 18.1 Å². The van der Waals surface area contributed by atoms with Crippen molar-refractivity contribution in [1.82, 2.24) is 13.5 Å². The summed E-state index contributed by atoms with van der Waals surface area (Å²) >= 11 is 5.88. The normalized spacial score (nSPS) is 20.5. The molecule has 2 saturated heterocycles. The molecule has 0 aromatic heterocycles. The fourth-order valence-corrected chi connectivity index (χ4v) is 4.90. The number of phenolic OH excluding ortho intramolecular Hbond substituents is 1. The number of hydrogen-bond acceptors (Lipinski definition) is 4. The van der Waals surface area contributed by atoms with Gasteiger partial charge in [0.05, 0.1) is 5.56 Å². The SMILES string of the molecule is O=C(c1cc(Cl)ccc1O)N1CCN(S(=O)(=O)N2CCCC2)CC1. The van der Waals surface area contributed by atoms with E-state index >= 15 is 0 Å². The zero-order valence-corrected chi connectivity index (χ0v) is 14.8. The third kappa shape index (κ3) is 3.37. The first-order valence-corrected chi connectivity index (χ1v) is 9.70. The molecule has 132 valence electrons. The number of aromatic hydroxyl groups is 1. The van der Waals surface area contributed by atoms with E-state index in [2.05, 4.69) is 0 Å². The Bertz CT molecular complexity index is 726. The molecule has 0 spiro atoms. The molecular weight excluding hydrogens is 354 g/mol. The average Bonchev–Trinajstić information content (AvgIpc) is 3.12. The van der Waals surface area contributed by atoms with Crippen molar-refractivity contribution in [3.8, 4) is 5.75 Å². The second-order valence-corrected chi connectivity index (χ2v) is 8.33. The van der Waals surface area contributed by atoms with Gasteiger partial charge in [0.2, 0.25) is 0 Å². The van der Waals surface area contributed by atoms with E-state index in [1.807, 2.05) is 0 Å². The van der Waals surface area contributed by atoms with Crippen molar-refractivity contribution >= 4 is 27.7 Å². The number of rotatable bonds is 3. The lowest BCUT2D eigenvalue weighted by atomic mass is 10.1. The summed E-state index contributed by atoms with van der Waals surface area (Å²) in [5, 5.41) is 10.2. The van der Waals surface area contributed by atoms with E-state index in [0.717, 1.165) is 12.8 Å². The number of halogens is 1. The van der Waals surface area contributed by atoms with Crippen LogP contribution < -0.4 is 0 Å². The molecule has 0 aliphatic carbocycles. The quantitative estimate of drug-likeness (QED) is 0.861. The Kier molecular flexibility index (Phi) is 5.00. The lowest BCUT2D eigenvalue weighted by Gasteiger charge is -2.35. The van der Waals surface area contributed by atoms with Gasteiger partial charge in [0.25, 0.3) is 16.1 Å². The molecule has 0 saturated carbocycles. The van der Waals surface area contributed by atoms with E-state index in [9.17, 15) is 18.3 Å². The maximum absolute atomic E-state index is 12.5. The molecule has 2 aliphatic heterocycles. The van der Waals surface area contributed by atoms with Crippen molar-refractivity contribution in [2.75, 3.05) is 39.3 Å². The summed E-state index contributed by atoms with van der Waals surface area (Å²) in [5.74, 6) is -0.468. The second kappa shape index (κ2) is 6.87. The Morgan fingerprint density at radius 3 is 2.21 bits per heavy atom. The van der Waals surface area contributed by atoms with Gasteiger partial charge in [-0.05, 0) is 31.0 Å². The molecular formula is C15H20ClN3O4S. The van der Waals surface area contributed by atoms with Crippen LogP contribution in [0.3, 0.4) is 0 Å². The van der Waals surface area contributed by atoms with Crippen molar-refractivity contribution < 1.29 is 18.3 Å². The van der Waals surface area contributed by atoms with Gasteiger partial charge in [-0.15, -0.1) is 0 Å². The van der Waals surface area contributed by atoms with Crippen LogP contribution in [0.1, 0.15) is 23.2 Å². The average molecular weight is 374 g/mol. The minimum Gasteiger partial charge on any atom is -0.507 e. The molecule has 1 amide bonds. The van der Waals surface area contributed by atoms with Gasteiger partial charge < -0.3 is 10.0 Å². The first-order chi connectivity index (χ1) is 11.4. The number of nitrogens with zero attached hydrogens (tertiary/aromatic N) is 3. The summed E-state index contributed by atoms with van der Waals surface area (Å²) < 4.78 is 28.0. The molecule has 1 N–H and O–H groups in total.